The van der Waals surface area contributed by atoms with Crippen LogP contribution in [0.25, 0.3) is 0 Å². The number of benzene rings is 1. The Hall–Kier alpha value is -1.60. The van der Waals surface area contributed by atoms with Crippen molar-refractivity contribution in [3.05, 3.63) is 52.1 Å². The van der Waals surface area contributed by atoms with Gasteiger partial charge in [0.1, 0.15) is 5.75 Å². The van der Waals surface area contributed by atoms with Gasteiger partial charge in [0.2, 0.25) is 5.88 Å². The molecule has 2 rings (SSSR count). The molecule has 1 aromatic heterocycles. The van der Waals surface area contributed by atoms with Crippen LogP contribution in [0.5, 0.6) is 11.6 Å². The van der Waals surface area contributed by atoms with E-state index in [1.54, 1.807) is 6.07 Å². The molecule has 0 unspecified atom stereocenters. The Morgan fingerprint density at radius 3 is 2.52 bits per heavy atom. The van der Waals surface area contributed by atoms with E-state index >= 15 is 0 Å². The number of hydrogen-bond acceptors (Lipinski definition) is 3. The lowest BCUT2D eigenvalue weighted by atomic mass is 10.1. The van der Waals surface area contributed by atoms with Crippen LogP contribution in [0, 0.1) is 0 Å². The molecule has 3 nitrogen and oxygen atoms in total. The highest BCUT2D eigenvalue weighted by Gasteiger charge is 2.30. The summed E-state index contributed by atoms with van der Waals surface area (Å²) in [7, 11) is 0. The van der Waals surface area contributed by atoms with Gasteiger partial charge < -0.3 is 10.5 Å². The van der Waals surface area contributed by atoms with Gasteiger partial charge >= 0.3 is 6.18 Å². The Balaban J connectivity index is 2.26. The van der Waals surface area contributed by atoms with Crippen molar-refractivity contribution in [1.82, 2.24) is 4.98 Å². The minimum absolute atomic E-state index is 0.0909. The molecule has 0 saturated carbocycles. The van der Waals surface area contributed by atoms with Crippen LogP contribution < -0.4 is 10.5 Å². The normalized spacial score (nSPS) is 11.5. The van der Waals surface area contributed by atoms with E-state index < -0.39 is 11.7 Å². The summed E-state index contributed by atoms with van der Waals surface area (Å²) >= 11 is 3.35. The van der Waals surface area contributed by atoms with Crippen molar-refractivity contribution in [3.8, 4) is 11.6 Å². The van der Waals surface area contributed by atoms with Gasteiger partial charge in [-0.3, -0.25) is 0 Å². The molecular formula is C14H12BrF3N2O. The first-order chi connectivity index (χ1) is 9.91. The summed E-state index contributed by atoms with van der Waals surface area (Å²) in [5, 5.41) is 0. The molecule has 21 heavy (non-hydrogen) atoms. The second-order valence-electron chi connectivity index (χ2n) is 4.25. The minimum Gasteiger partial charge on any atom is -0.438 e. The van der Waals surface area contributed by atoms with Crippen LogP contribution in [-0.4, -0.2) is 11.5 Å². The average Bonchev–Trinajstić information content (AvgIpc) is 2.42. The van der Waals surface area contributed by atoms with Crippen molar-refractivity contribution >= 4 is 15.9 Å². The van der Waals surface area contributed by atoms with Crippen molar-refractivity contribution in [2.45, 2.75) is 12.6 Å². The zero-order valence-corrected chi connectivity index (χ0v) is 12.4. The van der Waals surface area contributed by atoms with Crippen LogP contribution in [0.1, 0.15) is 11.1 Å². The van der Waals surface area contributed by atoms with Gasteiger partial charge in [-0.25, -0.2) is 4.98 Å². The molecule has 0 aliphatic heterocycles. The molecule has 0 spiro atoms. The summed E-state index contributed by atoms with van der Waals surface area (Å²) in [4.78, 5) is 3.69. The molecular weight excluding hydrogens is 349 g/mol. The number of pyridine rings is 1. The van der Waals surface area contributed by atoms with Gasteiger partial charge in [0.05, 0.1) is 10.0 Å². The molecule has 1 aromatic carbocycles. The number of halogens is 4. The molecule has 2 aromatic rings. The van der Waals surface area contributed by atoms with Crippen LogP contribution >= 0.6 is 15.9 Å². The molecule has 2 N–H and O–H groups in total. The molecule has 0 amide bonds. The van der Waals surface area contributed by atoms with Crippen LogP contribution in [0.4, 0.5) is 13.2 Å². The van der Waals surface area contributed by atoms with E-state index in [0.29, 0.717) is 23.2 Å². The fourth-order valence-corrected chi connectivity index (χ4v) is 2.22. The third-order valence-corrected chi connectivity index (χ3v) is 3.36. The summed E-state index contributed by atoms with van der Waals surface area (Å²) in [5.74, 6) is 0.600. The summed E-state index contributed by atoms with van der Waals surface area (Å²) in [6.07, 6.45) is -3.08. The van der Waals surface area contributed by atoms with Crippen LogP contribution in [0.3, 0.4) is 0 Å². The maximum absolute atomic E-state index is 12.5. The number of aromatic nitrogens is 1. The SMILES string of the molecule is NCCc1cccc(Br)c1Oc1ccc(C(F)(F)F)cn1. The second-order valence-corrected chi connectivity index (χ2v) is 5.11. The first kappa shape index (κ1) is 15.8. The number of alkyl halides is 3. The summed E-state index contributed by atoms with van der Waals surface area (Å²) in [6, 6.07) is 7.58. The molecule has 0 saturated heterocycles. The smallest absolute Gasteiger partial charge is 0.417 e. The first-order valence-corrected chi connectivity index (χ1v) is 6.89. The van der Waals surface area contributed by atoms with Gasteiger partial charge in [-0.1, -0.05) is 12.1 Å². The van der Waals surface area contributed by atoms with E-state index in [2.05, 4.69) is 20.9 Å². The van der Waals surface area contributed by atoms with E-state index in [-0.39, 0.29) is 5.88 Å². The van der Waals surface area contributed by atoms with Gasteiger partial charge in [0, 0.05) is 12.3 Å². The molecule has 1 heterocycles. The first-order valence-electron chi connectivity index (χ1n) is 6.10. The number of nitrogens with zero attached hydrogens (tertiary/aromatic N) is 1. The Morgan fingerprint density at radius 1 is 1.19 bits per heavy atom. The Labute approximate surface area is 128 Å². The number of ether oxygens (including phenoxy) is 1. The quantitative estimate of drug-likeness (QED) is 0.890. The molecule has 0 aliphatic carbocycles. The van der Waals surface area contributed by atoms with Crippen molar-refractivity contribution in [1.29, 1.82) is 0 Å². The third kappa shape index (κ3) is 3.95. The predicted molar refractivity (Wildman–Crippen MR) is 76.2 cm³/mol. The highest BCUT2D eigenvalue weighted by Crippen LogP contribution is 2.34. The largest absolute Gasteiger partial charge is 0.438 e. The van der Waals surface area contributed by atoms with Crippen molar-refractivity contribution < 1.29 is 17.9 Å². The molecule has 112 valence electrons. The lowest BCUT2D eigenvalue weighted by Gasteiger charge is -2.12. The highest BCUT2D eigenvalue weighted by molar-refractivity contribution is 9.10. The Bertz CT molecular complexity index is 615. The van der Waals surface area contributed by atoms with Crippen LogP contribution in [0.15, 0.2) is 41.0 Å². The summed E-state index contributed by atoms with van der Waals surface area (Å²) < 4.78 is 43.7. The van der Waals surface area contributed by atoms with E-state index in [4.69, 9.17) is 10.5 Å². The number of nitrogens with two attached hydrogens (primary N) is 1. The van der Waals surface area contributed by atoms with Gasteiger partial charge in [-0.2, -0.15) is 13.2 Å². The monoisotopic (exact) mass is 360 g/mol. The lowest BCUT2D eigenvalue weighted by molar-refractivity contribution is -0.137. The van der Waals surface area contributed by atoms with E-state index in [1.807, 2.05) is 12.1 Å². The number of para-hydroxylation sites is 1. The van der Waals surface area contributed by atoms with Gasteiger partial charge in [-0.05, 0) is 46.6 Å². The zero-order chi connectivity index (χ0) is 15.5. The fraction of sp³-hybridized carbons (Fsp3) is 0.214. The number of hydrogen-bond donors (Lipinski definition) is 1. The fourth-order valence-electron chi connectivity index (χ4n) is 1.73. The second kappa shape index (κ2) is 6.44. The van der Waals surface area contributed by atoms with Crippen LogP contribution in [-0.2, 0) is 12.6 Å². The summed E-state index contributed by atoms with van der Waals surface area (Å²) in [6.45, 7) is 0.438. The molecule has 7 heteroatoms. The van der Waals surface area contributed by atoms with E-state index in [1.165, 1.54) is 6.07 Å². The van der Waals surface area contributed by atoms with Crippen molar-refractivity contribution in [2.75, 3.05) is 6.54 Å². The minimum atomic E-state index is -4.41. The maximum atomic E-state index is 12.5. The topological polar surface area (TPSA) is 48.1 Å². The molecule has 0 fully saturated rings. The molecule has 0 bridgehead atoms. The summed E-state index contributed by atoms with van der Waals surface area (Å²) in [5.41, 5.74) is 5.57. The molecule has 0 radical (unpaired) electrons. The Morgan fingerprint density at radius 2 is 1.95 bits per heavy atom. The van der Waals surface area contributed by atoms with Gasteiger partial charge in [0.15, 0.2) is 0 Å². The van der Waals surface area contributed by atoms with E-state index in [0.717, 1.165) is 17.8 Å². The van der Waals surface area contributed by atoms with Gasteiger partial charge in [0.25, 0.3) is 0 Å². The zero-order valence-electron chi connectivity index (χ0n) is 10.8. The van der Waals surface area contributed by atoms with Crippen LogP contribution in [0.2, 0.25) is 0 Å². The molecule has 0 atom stereocenters. The number of rotatable bonds is 4. The van der Waals surface area contributed by atoms with E-state index in [9.17, 15) is 13.2 Å². The van der Waals surface area contributed by atoms with Crippen molar-refractivity contribution in [3.63, 3.8) is 0 Å². The van der Waals surface area contributed by atoms with Gasteiger partial charge in [-0.15, -0.1) is 0 Å². The average molecular weight is 361 g/mol. The lowest BCUT2D eigenvalue weighted by Crippen LogP contribution is -2.06. The standard InChI is InChI=1S/C14H12BrF3N2O/c15-11-3-1-2-9(6-7-19)13(11)21-12-5-4-10(8-20-12)14(16,17)18/h1-5,8H,6-7,19H2. The molecule has 0 aliphatic rings. The maximum Gasteiger partial charge on any atom is 0.417 e. The Kier molecular flexibility index (Phi) is 4.84. The van der Waals surface area contributed by atoms with Crippen molar-refractivity contribution in [2.24, 2.45) is 5.73 Å². The third-order valence-electron chi connectivity index (χ3n) is 2.73. The highest BCUT2D eigenvalue weighted by atomic mass is 79.9. The predicted octanol–water partition coefficient (Wildman–Crippen LogP) is 4.16.